The third kappa shape index (κ3) is 4.83. The third-order valence-electron chi connectivity index (χ3n) is 3.74. The van der Waals surface area contributed by atoms with Crippen LogP contribution < -0.4 is 11.1 Å². The van der Waals surface area contributed by atoms with Crippen molar-refractivity contribution in [1.82, 2.24) is 5.32 Å². The molecule has 0 saturated carbocycles. The number of oxime groups is 1. The Morgan fingerprint density at radius 2 is 1.90 bits per heavy atom. The zero-order chi connectivity index (χ0) is 15.0. The molecule has 0 aliphatic heterocycles. The molecule has 5 nitrogen and oxygen atoms in total. The molecule has 1 unspecified atom stereocenters. The van der Waals surface area contributed by atoms with Crippen LogP contribution in [0.5, 0.6) is 0 Å². The van der Waals surface area contributed by atoms with Crippen LogP contribution in [0.15, 0.2) is 35.5 Å². The monoisotopic (exact) mass is 279 g/mol. The number of aliphatic hydroxyl groups is 1. The minimum absolute atomic E-state index is 0.0864. The second-order valence-electron chi connectivity index (χ2n) is 5.07. The summed E-state index contributed by atoms with van der Waals surface area (Å²) in [6, 6.07) is 9.72. The molecule has 0 amide bonds. The van der Waals surface area contributed by atoms with Gasteiger partial charge in [-0.1, -0.05) is 49.3 Å². The first-order chi connectivity index (χ1) is 9.54. The summed E-state index contributed by atoms with van der Waals surface area (Å²) < 4.78 is 0. The lowest BCUT2D eigenvalue weighted by atomic mass is 9.95. The van der Waals surface area contributed by atoms with E-state index in [9.17, 15) is 5.11 Å². The highest BCUT2D eigenvalue weighted by atomic mass is 16.4. The van der Waals surface area contributed by atoms with Crippen LogP contribution in [0.25, 0.3) is 0 Å². The molecule has 0 spiro atoms. The van der Waals surface area contributed by atoms with Gasteiger partial charge in [-0.15, -0.1) is 0 Å². The zero-order valence-corrected chi connectivity index (χ0v) is 12.2. The molecule has 0 heterocycles. The maximum absolute atomic E-state index is 10.3. The second-order valence-corrected chi connectivity index (χ2v) is 5.07. The Hall–Kier alpha value is -1.59. The molecule has 0 radical (unpaired) electrons. The highest BCUT2D eigenvalue weighted by Gasteiger charge is 2.24. The Morgan fingerprint density at radius 3 is 2.40 bits per heavy atom. The van der Waals surface area contributed by atoms with Gasteiger partial charge in [0.1, 0.15) is 5.84 Å². The van der Waals surface area contributed by atoms with E-state index in [2.05, 4.69) is 10.5 Å². The van der Waals surface area contributed by atoms with E-state index < -0.39 is 5.60 Å². The van der Waals surface area contributed by atoms with Gasteiger partial charge in [-0.2, -0.15) is 0 Å². The molecule has 0 aliphatic carbocycles. The standard InChI is InChI=1S/C15H25N3O2/c1-3-15(19,4-2)11-17-13(10-14(16)18-20)12-8-6-5-7-9-12/h5-9,13,17,19-20H,3-4,10-11H2,1-2H3,(H2,16,18). The van der Waals surface area contributed by atoms with Crippen LogP contribution in [0.3, 0.4) is 0 Å². The zero-order valence-electron chi connectivity index (χ0n) is 12.2. The van der Waals surface area contributed by atoms with Crippen molar-refractivity contribution in [2.24, 2.45) is 10.9 Å². The van der Waals surface area contributed by atoms with Crippen molar-refractivity contribution in [1.29, 1.82) is 0 Å². The van der Waals surface area contributed by atoms with E-state index in [0.29, 0.717) is 25.8 Å². The van der Waals surface area contributed by atoms with Gasteiger partial charge in [-0.3, -0.25) is 0 Å². The minimum atomic E-state index is -0.724. The topological polar surface area (TPSA) is 90.9 Å². The average Bonchev–Trinajstić information content (AvgIpc) is 2.51. The summed E-state index contributed by atoms with van der Waals surface area (Å²) in [7, 11) is 0. The van der Waals surface area contributed by atoms with Crippen LogP contribution in [0.1, 0.15) is 44.7 Å². The summed E-state index contributed by atoms with van der Waals surface area (Å²) in [5, 5.41) is 25.4. The summed E-state index contributed by atoms with van der Waals surface area (Å²) in [4.78, 5) is 0. The first-order valence-electron chi connectivity index (χ1n) is 7.01. The number of hydrogen-bond donors (Lipinski definition) is 4. The van der Waals surface area contributed by atoms with Gasteiger partial charge in [0.05, 0.1) is 5.60 Å². The SMILES string of the molecule is CCC(O)(CC)CNC(CC(N)=NO)c1ccccc1. The minimum Gasteiger partial charge on any atom is -0.409 e. The number of benzene rings is 1. The molecule has 5 heteroatoms. The summed E-state index contributed by atoms with van der Waals surface area (Å²) in [5.74, 6) is 0.169. The molecular weight excluding hydrogens is 254 g/mol. The summed E-state index contributed by atoms with van der Waals surface area (Å²) in [5.41, 5.74) is 5.94. The van der Waals surface area contributed by atoms with Crippen LogP contribution in [-0.4, -0.2) is 28.3 Å². The van der Waals surface area contributed by atoms with E-state index in [1.54, 1.807) is 0 Å². The molecule has 1 aromatic carbocycles. The van der Waals surface area contributed by atoms with Crippen molar-refractivity contribution in [2.45, 2.75) is 44.8 Å². The van der Waals surface area contributed by atoms with Crippen molar-refractivity contribution in [2.75, 3.05) is 6.54 Å². The van der Waals surface area contributed by atoms with E-state index >= 15 is 0 Å². The number of rotatable bonds is 8. The second kappa shape index (κ2) is 7.87. The number of nitrogens with zero attached hydrogens (tertiary/aromatic N) is 1. The Kier molecular flexibility index (Phi) is 6.48. The van der Waals surface area contributed by atoms with Gasteiger partial charge >= 0.3 is 0 Å². The van der Waals surface area contributed by atoms with Crippen molar-refractivity contribution < 1.29 is 10.3 Å². The molecular formula is C15H25N3O2. The van der Waals surface area contributed by atoms with Crippen LogP contribution in [0.2, 0.25) is 0 Å². The van der Waals surface area contributed by atoms with Gasteiger partial charge in [-0.25, -0.2) is 0 Å². The lowest BCUT2D eigenvalue weighted by Crippen LogP contribution is -2.41. The van der Waals surface area contributed by atoms with E-state index in [1.165, 1.54) is 0 Å². The Morgan fingerprint density at radius 1 is 1.30 bits per heavy atom. The van der Waals surface area contributed by atoms with E-state index in [0.717, 1.165) is 5.56 Å². The molecule has 5 N–H and O–H groups in total. The maximum atomic E-state index is 10.3. The van der Waals surface area contributed by atoms with Crippen molar-refractivity contribution in [3.8, 4) is 0 Å². The highest BCUT2D eigenvalue weighted by Crippen LogP contribution is 2.19. The molecule has 1 atom stereocenters. The Bertz CT molecular complexity index is 416. The van der Waals surface area contributed by atoms with E-state index in [4.69, 9.17) is 10.9 Å². The van der Waals surface area contributed by atoms with E-state index in [1.807, 2.05) is 44.2 Å². The van der Waals surface area contributed by atoms with Gasteiger partial charge < -0.3 is 21.4 Å². The molecule has 20 heavy (non-hydrogen) atoms. The Balaban J connectivity index is 2.79. The van der Waals surface area contributed by atoms with Gasteiger partial charge in [0, 0.05) is 19.0 Å². The van der Waals surface area contributed by atoms with Gasteiger partial charge in [0.15, 0.2) is 0 Å². The summed E-state index contributed by atoms with van der Waals surface area (Å²) >= 11 is 0. The quantitative estimate of drug-likeness (QED) is 0.253. The van der Waals surface area contributed by atoms with Crippen LogP contribution in [0, 0.1) is 0 Å². The molecule has 0 fully saturated rings. The largest absolute Gasteiger partial charge is 0.409 e. The molecule has 112 valence electrons. The number of nitrogens with two attached hydrogens (primary N) is 1. The fraction of sp³-hybridized carbons (Fsp3) is 0.533. The van der Waals surface area contributed by atoms with Crippen LogP contribution in [0.4, 0.5) is 0 Å². The van der Waals surface area contributed by atoms with Crippen LogP contribution >= 0.6 is 0 Å². The van der Waals surface area contributed by atoms with Crippen molar-refractivity contribution in [3.05, 3.63) is 35.9 Å². The predicted octanol–water partition coefficient (Wildman–Crippen LogP) is 2.00. The average molecular weight is 279 g/mol. The fourth-order valence-electron chi connectivity index (χ4n) is 2.06. The molecule has 1 aromatic rings. The van der Waals surface area contributed by atoms with Gasteiger partial charge in [-0.05, 0) is 18.4 Å². The van der Waals surface area contributed by atoms with Crippen LogP contribution in [-0.2, 0) is 0 Å². The number of hydrogen-bond acceptors (Lipinski definition) is 4. The highest BCUT2D eigenvalue weighted by molar-refractivity contribution is 5.80. The maximum Gasteiger partial charge on any atom is 0.141 e. The smallest absolute Gasteiger partial charge is 0.141 e. The number of nitrogens with one attached hydrogen (secondary N) is 1. The fourth-order valence-corrected chi connectivity index (χ4v) is 2.06. The molecule has 0 bridgehead atoms. The van der Waals surface area contributed by atoms with Gasteiger partial charge in [0.25, 0.3) is 0 Å². The Labute approximate surface area is 120 Å². The molecule has 0 saturated heterocycles. The normalized spacial score (nSPS) is 14.2. The third-order valence-corrected chi connectivity index (χ3v) is 3.74. The molecule has 0 aromatic heterocycles. The first kappa shape index (κ1) is 16.5. The molecule has 0 aliphatic rings. The number of amidine groups is 1. The lowest BCUT2D eigenvalue weighted by Gasteiger charge is -2.29. The first-order valence-corrected chi connectivity index (χ1v) is 7.01. The summed E-state index contributed by atoms with van der Waals surface area (Å²) in [6.07, 6.45) is 1.76. The van der Waals surface area contributed by atoms with Crippen molar-refractivity contribution >= 4 is 5.84 Å². The van der Waals surface area contributed by atoms with E-state index in [-0.39, 0.29) is 11.9 Å². The lowest BCUT2D eigenvalue weighted by molar-refractivity contribution is 0.0300. The predicted molar refractivity (Wildman–Crippen MR) is 80.7 cm³/mol. The molecule has 1 rings (SSSR count). The summed E-state index contributed by atoms with van der Waals surface area (Å²) in [6.45, 7) is 4.40. The van der Waals surface area contributed by atoms with Crippen molar-refractivity contribution in [3.63, 3.8) is 0 Å². The van der Waals surface area contributed by atoms with Gasteiger partial charge in [0.2, 0.25) is 0 Å².